The summed E-state index contributed by atoms with van der Waals surface area (Å²) in [4.78, 5) is 33.5. The van der Waals surface area contributed by atoms with Crippen molar-refractivity contribution in [3.63, 3.8) is 0 Å². The molecule has 2 heterocycles. The number of pyridine rings is 1. The molecule has 0 saturated carbocycles. The summed E-state index contributed by atoms with van der Waals surface area (Å²) in [7, 11) is 0. The first-order valence-electron chi connectivity index (χ1n) is 12.4. The number of aryl methyl sites for hydroxylation is 2. The number of unbranched alkanes of at least 4 members (excludes halogenated alkanes) is 3. The molecule has 0 radical (unpaired) electrons. The highest BCUT2D eigenvalue weighted by Gasteiger charge is 2.29. The molecule has 3 amide bonds. The van der Waals surface area contributed by atoms with Crippen LogP contribution in [0.4, 0.5) is 4.79 Å². The van der Waals surface area contributed by atoms with Crippen LogP contribution in [0.2, 0.25) is 0 Å². The van der Waals surface area contributed by atoms with E-state index in [-0.39, 0.29) is 6.03 Å². The molecule has 1 atom stereocenters. The number of aromatic nitrogens is 1. The van der Waals surface area contributed by atoms with E-state index >= 15 is 0 Å². The number of nitrogens with one attached hydrogen (secondary N) is 1. The Labute approximate surface area is 194 Å². The molecular weight excluding hydrogens is 402 g/mol. The molecule has 1 saturated heterocycles. The molecule has 1 aromatic rings. The number of hydrogen-bond donors (Lipinski definition) is 2. The van der Waals surface area contributed by atoms with Crippen LogP contribution in [0.15, 0.2) is 12.3 Å². The van der Waals surface area contributed by atoms with Crippen molar-refractivity contribution in [3.8, 4) is 0 Å². The van der Waals surface area contributed by atoms with E-state index in [2.05, 4.69) is 33.9 Å². The maximum Gasteiger partial charge on any atom is 0.317 e. The summed E-state index contributed by atoms with van der Waals surface area (Å²) in [6, 6.07) is 2.62. The highest BCUT2D eigenvalue weighted by Crippen LogP contribution is 2.22. The van der Waals surface area contributed by atoms with E-state index in [1.54, 1.807) is 6.20 Å². The summed E-state index contributed by atoms with van der Waals surface area (Å²) in [5, 5.41) is 3.00. The molecule has 1 aromatic heterocycles. The Morgan fingerprint density at radius 1 is 1.25 bits per heavy atom. The number of likely N-dealkylation sites (tertiary alicyclic amines) is 1. The van der Waals surface area contributed by atoms with E-state index in [1.165, 1.54) is 19.3 Å². The SMILES string of the molecule is CCCCCCN(C(=O)NCC)C1CCN([C@H](C)CCc2nccc(C)c2C(N)=O)CC1. The zero-order chi connectivity index (χ0) is 23.5. The lowest BCUT2D eigenvalue weighted by atomic mass is 9.98. The molecule has 7 heteroatoms. The summed E-state index contributed by atoms with van der Waals surface area (Å²) in [5.74, 6) is -0.400. The highest BCUT2D eigenvalue weighted by molar-refractivity contribution is 5.95. The second kappa shape index (κ2) is 13.4. The normalized spacial score (nSPS) is 16.0. The predicted molar refractivity (Wildman–Crippen MR) is 130 cm³/mol. The van der Waals surface area contributed by atoms with Gasteiger partial charge in [-0.1, -0.05) is 26.2 Å². The van der Waals surface area contributed by atoms with Crippen molar-refractivity contribution >= 4 is 11.9 Å². The number of amides is 3. The molecule has 3 N–H and O–H groups in total. The molecule has 2 rings (SSSR count). The van der Waals surface area contributed by atoms with Crippen molar-refractivity contribution < 1.29 is 9.59 Å². The lowest BCUT2D eigenvalue weighted by Gasteiger charge is -2.40. The predicted octanol–water partition coefficient (Wildman–Crippen LogP) is 3.89. The average molecular weight is 446 g/mol. The number of carbonyl (C=O) groups excluding carboxylic acids is 2. The number of rotatable bonds is 12. The molecule has 32 heavy (non-hydrogen) atoms. The van der Waals surface area contributed by atoms with Crippen molar-refractivity contribution in [3.05, 3.63) is 29.1 Å². The van der Waals surface area contributed by atoms with Crippen molar-refractivity contribution in [2.24, 2.45) is 5.73 Å². The Hall–Kier alpha value is -2.15. The second-order valence-electron chi connectivity index (χ2n) is 9.06. The molecule has 0 aromatic carbocycles. The topological polar surface area (TPSA) is 91.6 Å². The summed E-state index contributed by atoms with van der Waals surface area (Å²) in [6.45, 7) is 11.8. The largest absolute Gasteiger partial charge is 0.366 e. The van der Waals surface area contributed by atoms with Gasteiger partial charge in [0.15, 0.2) is 0 Å². The standard InChI is InChI=1S/C25H43N5O2/c1-5-7-8-9-16-30(25(32)27-6-2)21-13-17-29(18-14-21)20(4)10-11-22-23(24(26)31)19(3)12-15-28-22/h12,15,20-21H,5-11,13-14,16-18H2,1-4H3,(H2,26,31)(H,27,32)/t20-/m1/s1. The zero-order valence-corrected chi connectivity index (χ0v) is 20.5. The van der Waals surface area contributed by atoms with Gasteiger partial charge in [-0.3, -0.25) is 9.78 Å². The van der Waals surface area contributed by atoms with E-state index in [0.717, 1.165) is 63.0 Å². The fourth-order valence-electron chi connectivity index (χ4n) is 4.72. The number of piperidine rings is 1. The first-order valence-corrected chi connectivity index (χ1v) is 12.4. The lowest BCUT2D eigenvalue weighted by molar-refractivity contribution is 0.0963. The summed E-state index contributed by atoms with van der Waals surface area (Å²) in [6.07, 6.45) is 10.1. The van der Waals surface area contributed by atoms with Crippen molar-refractivity contribution in [2.75, 3.05) is 26.2 Å². The van der Waals surface area contributed by atoms with Gasteiger partial charge in [-0.15, -0.1) is 0 Å². The Balaban J connectivity index is 1.89. The maximum absolute atomic E-state index is 12.7. The third kappa shape index (κ3) is 7.47. The zero-order valence-electron chi connectivity index (χ0n) is 20.5. The second-order valence-corrected chi connectivity index (χ2v) is 9.06. The molecule has 1 aliphatic heterocycles. The summed E-state index contributed by atoms with van der Waals surface area (Å²) >= 11 is 0. The molecule has 7 nitrogen and oxygen atoms in total. The number of primary amides is 1. The van der Waals surface area contributed by atoms with Crippen LogP contribution in [0.25, 0.3) is 0 Å². The molecule has 0 bridgehead atoms. The molecule has 1 fully saturated rings. The van der Waals surface area contributed by atoms with Crippen molar-refractivity contribution in [2.45, 2.75) is 91.1 Å². The number of nitrogens with zero attached hydrogens (tertiary/aromatic N) is 3. The van der Waals surface area contributed by atoms with E-state index < -0.39 is 5.91 Å². The van der Waals surface area contributed by atoms with Crippen LogP contribution in [0.1, 0.15) is 87.3 Å². The van der Waals surface area contributed by atoms with Crippen LogP contribution in [-0.2, 0) is 6.42 Å². The van der Waals surface area contributed by atoms with Crippen molar-refractivity contribution in [1.82, 2.24) is 20.1 Å². The maximum atomic E-state index is 12.7. The van der Waals surface area contributed by atoms with E-state index in [4.69, 9.17) is 5.73 Å². The molecule has 1 aliphatic rings. The number of carbonyl (C=O) groups is 2. The third-order valence-corrected chi connectivity index (χ3v) is 6.69. The van der Waals surface area contributed by atoms with Crippen LogP contribution >= 0.6 is 0 Å². The molecule has 180 valence electrons. The fraction of sp³-hybridized carbons (Fsp3) is 0.720. The van der Waals surface area contributed by atoms with Gasteiger partial charge in [0, 0.05) is 44.5 Å². The van der Waals surface area contributed by atoms with Crippen LogP contribution < -0.4 is 11.1 Å². The molecule has 0 unspecified atom stereocenters. The number of hydrogen-bond acceptors (Lipinski definition) is 4. The minimum atomic E-state index is -0.400. The summed E-state index contributed by atoms with van der Waals surface area (Å²) in [5.41, 5.74) is 7.84. The molecule has 0 aliphatic carbocycles. The fourth-order valence-corrected chi connectivity index (χ4v) is 4.72. The molecule has 0 spiro atoms. The highest BCUT2D eigenvalue weighted by atomic mass is 16.2. The Kier molecular flexibility index (Phi) is 10.9. The van der Waals surface area contributed by atoms with Gasteiger partial charge in [-0.05, 0) is 64.5 Å². The van der Waals surface area contributed by atoms with Crippen LogP contribution in [-0.4, -0.2) is 65.0 Å². The smallest absolute Gasteiger partial charge is 0.317 e. The van der Waals surface area contributed by atoms with Gasteiger partial charge in [0.2, 0.25) is 0 Å². The molecular formula is C25H43N5O2. The minimum absolute atomic E-state index is 0.0833. The number of nitrogens with two attached hydrogens (primary N) is 1. The van der Waals surface area contributed by atoms with E-state index in [1.807, 2.05) is 19.9 Å². The third-order valence-electron chi connectivity index (χ3n) is 6.69. The van der Waals surface area contributed by atoms with Gasteiger partial charge in [0.05, 0.1) is 11.3 Å². The Morgan fingerprint density at radius 2 is 1.97 bits per heavy atom. The van der Waals surface area contributed by atoms with E-state index in [9.17, 15) is 9.59 Å². The van der Waals surface area contributed by atoms with Gasteiger partial charge in [0.1, 0.15) is 0 Å². The summed E-state index contributed by atoms with van der Waals surface area (Å²) < 4.78 is 0. The van der Waals surface area contributed by atoms with Gasteiger partial charge >= 0.3 is 6.03 Å². The first kappa shape index (κ1) is 26.1. The van der Waals surface area contributed by atoms with Gasteiger partial charge in [-0.25, -0.2) is 4.79 Å². The number of urea groups is 1. The van der Waals surface area contributed by atoms with Gasteiger partial charge in [-0.2, -0.15) is 0 Å². The van der Waals surface area contributed by atoms with E-state index in [0.29, 0.717) is 24.2 Å². The quantitative estimate of drug-likeness (QED) is 0.478. The van der Waals surface area contributed by atoms with Gasteiger partial charge < -0.3 is 20.9 Å². The monoisotopic (exact) mass is 445 g/mol. The first-order chi connectivity index (χ1) is 15.4. The van der Waals surface area contributed by atoms with Crippen molar-refractivity contribution in [1.29, 1.82) is 0 Å². The van der Waals surface area contributed by atoms with Gasteiger partial charge in [0.25, 0.3) is 5.91 Å². The minimum Gasteiger partial charge on any atom is -0.366 e. The Morgan fingerprint density at radius 3 is 2.59 bits per heavy atom. The lowest BCUT2D eigenvalue weighted by Crippen LogP contribution is -2.52. The Bertz CT molecular complexity index is 731. The van der Waals surface area contributed by atoms with Crippen LogP contribution in [0, 0.1) is 6.92 Å². The van der Waals surface area contributed by atoms with Crippen LogP contribution in [0.3, 0.4) is 0 Å². The van der Waals surface area contributed by atoms with Crippen LogP contribution in [0.5, 0.6) is 0 Å². The average Bonchev–Trinajstić information content (AvgIpc) is 2.77.